The topological polar surface area (TPSA) is 87.7 Å². The first-order valence-electron chi connectivity index (χ1n) is 14.3. The highest BCUT2D eigenvalue weighted by Gasteiger charge is 2.27. The molecule has 0 amide bonds. The molecule has 1 aliphatic heterocycles. The van der Waals surface area contributed by atoms with Crippen molar-refractivity contribution in [2.45, 2.75) is 39.5 Å². The summed E-state index contributed by atoms with van der Waals surface area (Å²) in [6.07, 6.45) is 5.17. The fourth-order valence-corrected chi connectivity index (χ4v) is 6.04. The second kappa shape index (κ2) is 12.2. The molecule has 0 fully saturated rings. The van der Waals surface area contributed by atoms with Crippen molar-refractivity contribution in [2.75, 3.05) is 26.9 Å². The number of benzene rings is 3. The van der Waals surface area contributed by atoms with Gasteiger partial charge in [-0.25, -0.2) is 4.79 Å². The van der Waals surface area contributed by atoms with Gasteiger partial charge in [-0.05, 0) is 36.8 Å². The summed E-state index contributed by atoms with van der Waals surface area (Å²) in [6, 6.07) is 20.3. The van der Waals surface area contributed by atoms with Gasteiger partial charge in [-0.3, -0.25) is 4.68 Å². The van der Waals surface area contributed by atoms with Gasteiger partial charge in [0.15, 0.2) is 0 Å². The lowest BCUT2D eigenvalue weighted by atomic mass is 9.98. The first-order valence-corrected chi connectivity index (χ1v) is 14.3. The molecule has 0 bridgehead atoms. The minimum atomic E-state index is -0.936. The standard InChI is InChI=1S/C34H35N3O5/c1-23-31-28-14-8-13-26-27(15-9-20-42-30-16-7-11-24-10-3-4-12-25(24)30)33(34(38)39)36(32(26)28)17-5-6-19-41-22-29(31)35-37(23)18-21-40-2/h3-8,10-14,16H,9,15,17-22H2,1-2H3,(H,38,39)/b6-5-. The summed E-state index contributed by atoms with van der Waals surface area (Å²) in [4.78, 5) is 12.8. The Balaban J connectivity index is 1.40. The van der Waals surface area contributed by atoms with E-state index >= 15 is 0 Å². The number of nitrogens with zero attached hydrogens (tertiary/aromatic N) is 3. The molecule has 1 aliphatic rings. The molecule has 5 aromatic rings. The molecule has 216 valence electrons. The number of carbonyl (C=O) groups is 1. The number of carboxylic acid groups (broad SMARTS) is 1. The predicted octanol–water partition coefficient (Wildman–Crippen LogP) is 6.41. The fraction of sp³-hybridized carbons (Fsp3) is 0.294. The summed E-state index contributed by atoms with van der Waals surface area (Å²) in [5.41, 5.74) is 5.83. The third-order valence-corrected chi connectivity index (χ3v) is 7.93. The van der Waals surface area contributed by atoms with Crippen LogP contribution in [-0.4, -0.2) is 52.4 Å². The van der Waals surface area contributed by atoms with E-state index in [0.717, 1.165) is 55.5 Å². The van der Waals surface area contributed by atoms with Gasteiger partial charge in [0.1, 0.15) is 11.4 Å². The van der Waals surface area contributed by atoms with Gasteiger partial charge in [0.25, 0.3) is 0 Å². The minimum absolute atomic E-state index is 0.318. The molecular weight excluding hydrogens is 530 g/mol. The summed E-state index contributed by atoms with van der Waals surface area (Å²) in [6.45, 7) is 4.90. The predicted molar refractivity (Wildman–Crippen MR) is 163 cm³/mol. The van der Waals surface area contributed by atoms with Crippen LogP contribution in [0.25, 0.3) is 32.8 Å². The normalized spacial score (nSPS) is 14.0. The molecule has 6 rings (SSSR count). The maximum absolute atomic E-state index is 12.8. The summed E-state index contributed by atoms with van der Waals surface area (Å²) in [5.74, 6) is -0.0963. The molecule has 0 spiro atoms. The number of ether oxygens (including phenoxy) is 3. The van der Waals surface area contributed by atoms with Crippen molar-refractivity contribution in [1.29, 1.82) is 0 Å². The second-order valence-electron chi connectivity index (χ2n) is 10.5. The maximum Gasteiger partial charge on any atom is 0.352 e. The Morgan fingerprint density at radius 2 is 1.83 bits per heavy atom. The van der Waals surface area contributed by atoms with Crippen molar-refractivity contribution >= 4 is 27.6 Å². The average Bonchev–Trinajstić information content (AvgIpc) is 3.48. The number of aromatic nitrogens is 3. The highest BCUT2D eigenvalue weighted by molar-refractivity contribution is 6.04. The largest absolute Gasteiger partial charge is 0.493 e. The van der Waals surface area contributed by atoms with Crippen LogP contribution in [0.3, 0.4) is 0 Å². The lowest BCUT2D eigenvalue weighted by molar-refractivity contribution is 0.0685. The zero-order valence-corrected chi connectivity index (χ0v) is 24.0. The number of hydrogen-bond acceptors (Lipinski definition) is 5. The molecule has 8 heteroatoms. The van der Waals surface area contributed by atoms with Crippen molar-refractivity contribution < 1.29 is 24.1 Å². The number of aromatic carboxylic acids is 1. The first kappa shape index (κ1) is 27.8. The first-order chi connectivity index (χ1) is 20.6. The van der Waals surface area contributed by atoms with E-state index < -0.39 is 5.97 Å². The van der Waals surface area contributed by atoms with E-state index in [4.69, 9.17) is 19.3 Å². The Bertz CT molecular complexity index is 1780. The van der Waals surface area contributed by atoms with Crippen molar-refractivity contribution in [3.63, 3.8) is 0 Å². The van der Waals surface area contributed by atoms with E-state index in [-0.39, 0.29) is 0 Å². The SMILES string of the molecule is COCCn1nc2c(c1C)-c1cccc3c(CCCOc4cccc5ccccc45)c(C(=O)O)n(c13)C/C=C\COC2. The number of rotatable bonds is 9. The zero-order valence-electron chi connectivity index (χ0n) is 24.0. The monoisotopic (exact) mass is 565 g/mol. The lowest BCUT2D eigenvalue weighted by Crippen LogP contribution is -2.11. The summed E-state index contributed by atoms with van der Waals surface area (Å²) in [7, 11) is 1.68. The van der Waals surface area contributed by atoms with Gasteiger partial charge in [0.05, 0.1) is 44.2 Å². The zero-order chi connectivity index (χ0) is 29.1. The van der Waals surface area contributed by atoms with Gasteiger partial charge in [-0.2, -0.15) is 5.10 Å². The number of aryl methyl sites for hydroxylation is 1. The quantitative estimate of drug-likeness (QED) is 0.164. The van der Waals surface area contributed by atoms with Gasteiger partial charge in [0.2, 0.25) is 0 Å². The number of hydrogen-bond donors (Lipinski definition) is 1. The molecule has 0 saturated carbocycles. The molecule has 0 unspecified atom stereocenters. The molecule has 0 radical (unpaired) electrons. The molecule has 0 aliphatic carbocycles. The molecule has 0 atom stereocenters. The van der Waals surface area contributed by atoms with Crippen LogP contribution in [0, 0.1) is 6.92 Å². The Hall–Kier alpha value is -4.40. The molecule has 2 aromatic heterocycles. The Morgan fingerprint density at radius 1 is 1.02 bits per heavy atom. The number of allylic oxidation sites excluding steroid dienone is 1. The van der Waals surface area contributed by atoms with Crippen LogP contribution >= 0.6 is 0 Å². The third kappa shape index (κ3) is 5.19. The number of para-hydroxylation sites is 1. The fourth-order valence-electron chi connectivity index (χ4n) is 6.04. The highest BCUT2D eigenvalue weighted by Crippen LogP contribution is 2.38. The molecule has 0 saturated heterocycles. The summed E-state index contributed by atoms with van der Waals surface area (Å²) in [5, 5.41) is 18.5. The Labute approximate surface area is 244 Å². The molecule has 42 heavy (non-hydrogen) atoms. The van der Waals surface area contributed by atoms with Crippen LogP contribution in [0.4, 0.5) is 0 Å². The second-order valence-corrected chi connectivity index (χ2v) is 10.5. The summed E-state index contributed by atoms with van der Waals surface area (Å²) < 4.78 is 21.3. The van der Waals surface area contributed by atoms with Crippen LogP contribution < -0.4 is 4.74 Å². The number of carboxylic acids is 1. The summed E-state index contributed by atoms with van der Waals surface area (Å²) >= 11 is 0. The number of methoxy groups -OCH3 is 1. The van der Waals surface area contributed by atoms with Crippen molar-refractivity contribution in [1.82, 2.24) is 14.3 Å². The van der Waals surface area contributed by atoms with Crippen molar-refractivity contribution in [3.05, 3.63) is 95.5 Å². The van der Waals surface area contributed by atoms with Gasteiger partial charge >= 0.3 is 5.97 Å². The van der Waals surface area contributed by atoms with E-state index in [9.17, 15) is 9.90 Å². The molecule has 3 aromatic carbocycles. The van der Waals surface area contributed by atoms with Crippen LogP contribution in [0.2, 0.25) is 0 Å². The van der Waals surface area contributed by atoms with E-state index in [1.54, 1.807) is 7.11 Å². The maximum atomic E-state index is 12.8. The van der Waals surface area contributed by atoms with Crippen molar-refractivity contribution in [2.24, 2.45) is 0 Å². The lowest BCUT2D eigenvalue weighted by Gasteiger charge is -2.11. The van der Waals surface area contributed by atoms with E-state index in [1.807, 2.05) is 57.8 Å². The highest BCUT2D eigenvalue weighted by atomic mass is 16.5. The van der Waals surface area contributed by atoms with Crippen molar-refractivity contribution in [3.8, 4) is 16.9 Å². The minimum Gasteiger partial charge on any atom is -0.493 e. The van der Waals surface area contributed by atoms with Gasteiger partial charge in [-0.1, -0.05) is 66.7 Å². The van der Waals surface area contributed by atoms with Crippen LogP contribution in [0.5, 0.6) is 5.75 Å². The Kier molecular flexibility index (Phi) is 8.08. The van der Waals surface area contributed by atoms with Crippen LogP contribution in [-0.2, 0) is 35.6 Å². The smallest absolute Gasteiger partial charge is 0.352 e. The molecular formula is C34H35N3O5. The van der Waals surface area contributed by atoms with Gasteiger partial charge < -0.3 is 23.9 Å². The molecule has 1 N–H and O–H groups in total. The Morgan fingerprint density at radius 3 is 2.69 bits per heavy atom. The number of fused-ring (bicyclic) bond motifs is 3. The van der Waals surface area contributed by atoms with Crippen LogP contribution in [0.1, 0.15) is 33.9 Å². The van der Waals surface area contributed by atoms with E-state index in [1.165, 1.54) is 0 Å². The third-order valence-electron chi connectivity index (χ3n) is 7.93. The van der Waals surface area contributed by atoms with E-state index in [0.29, 0.717) is 58.1 Å². The van der Waals surface area contributed by atoms with E-state index in [2.05, 4.69) is 31.2 Å². The molecule has 8 nitrogen and oxygen atoms in total. The van der Waals surface area contributed by atoms with Crippen LogP contribution in [0.15, 0.2) is 72.8 Å². The average molecular weight is 566 g/mol. The molecule has 3 heterocycles. The van der Waals surface area contributed by atoms with Gasteiger partial charge in [-0.15, -0.1) is 0 Å². The van der Waals surface area contributed by atoms with Gasteiger partial charge in [0, 0.05) is 41.2 Å².